The SMILES string of the molecule is CN=C(NCc1c(C)nn(-c2ccccc2)c1C)N1CCC(NC(=O)OC(C)(C)C)C1.I. The van der Waals surface area contributed by atoms with Gasteiger partial charge in [0.1, 0.15) is 5.60 Å². The van der Waals surface area contributed by atoms with Crippen molar-refractivity contribution in [3.63, 3.8) is 0 Å². The summed E-state index contributed by atoms with van der Waals surface area (Å²) >= 11 is 0. The summed E-state index contributed by atoms with van der Waals surface area (Å²) in [5.74, 6) is 0.819. The van der Waals surface area contributed by atoms with Gasteiger partial charge in [0.2, 0.25) is 0 Å². The van der Waals surface area contributed by atoms with Crippen LogP contribution in [0.3, 0.4) is 0 Å². The summed E-state index contributed by atoms with van der Waals surface area (Å²) in [6, 6.07) is 10.2. The second-order valence-corrected chi connectivity index (χ2v) is 8.88. The molecule has 1 unspecified atom stereocenters. The Morgan fingerprint density at radius 2 is 1.94 bits per heavy atom. The maximum absolute atomic E-state index is 12.1. The number of aryl methyl sites for hydroxylation is 1. The van der Waals surface area contributed by atoms with E-state index in [1.165, 1.54) is 0 Å². The van der Waals surface area contributed by atoms with E-state index in [0.717, 1.165) is 41.6 Å². The third-order valence-corrected chi connectivity index (χ3v) is 5.29. The zero-order valence-electron chi connectivity index (χ0n) is 19.8. The second-order valence-electron chi connectivity index (χ2n) is 8.88. The predicted molar refractivity (Wildman–Crippen MR) is 138 cm³/mol. The number of para-hydroxylation sites is 1. The van der Waals surface area contributed by atoms with Crippen LogP contribution in [0.4, 0.5) is 4.79 Å². The van der Waals surface area contributed by atoms with Crippen LogP contribution in [0, 0.1) is 13.8 Å². The summed E-state index contributed by atoms with van der Waals surface area (Å²) in [5.41, 5.74) is 3.81. The van der Waals surface area contributed by atoms with Crippen LogP contribution in [-0.2, 0) is 11.3 Å². The van der Waals surface area contributed by atoms with E-state index in [1.54, 1.807) is 7.05 Å². The van der Waals surface area contributed by atoms with Crippen LogP contribution in [-0.4, -0.2) is 58.5 Å². The highest BCUT2D eigenvalue weighted by Gasteiger charge is 2.28. The van der Waals surface area contributed by atoms with Crippen LogP contribution >= 0.6 is 24.0 Å². The maximum Gasteiger partial charge on any atom is 0.407 e. The Balaban J connectivity index is 0.00000363. The van der Waals surface area contributed by atoms with E-state index in [9.17, 15) is 4.79 Å². The number of hydrogen-bond donors (Lipinski definition) is 2. The molecule has 2 aromatic rings. The minimum Gasteiger partial charge on any atom is -0.444 e. The third-order valence-electron chi connectivity index (χ3n) is 5.29. The largest absolute Gasteiger partial charge is 0.444 e. The van der Waals surface area contributed by atoms with E-state index in [4.69, 9.17) is 9.84 Å². The molecular formula is C23H35IN6O2. The van der Waals surface area contributed by atoms with Crippen molar-refractivity contribution in [1.29, 1.82) is 0 Å². The summed E-state index contributed by atoms with van der Waals surface area (Å²) in [4.78, 5) is 18.7. The predicted octanol–water partition coefficient (Wildman–Crippen LogP) is 3.78. The van der Waals surface area contributed by atoms with E-state index in [1.807, 2.05) is 50.6 Å². The lowest BCUT2D eigenvalue weighted by atomic mass is 10.2. The first kappa shape index (κ1) is 26.0. The number of hydrogen-bond acceptors (Lipinski definition) is 4. The summed E-state index contributed by atoms with van der Waals surface area (Å²) in [6.45, 7) is 11.9. The number of carbonyl (C=O) groups excluding carboxylic acids is 1. The number of aliphatic imine (C=N–C) groups is 1. The molecule has 0 aliphatic carbocycles. The highest BCUT2D eigenvalue weighted by molar-refractivity contribution is 14.0. The summed E-state index contributed by atoms with van der Waals surface area (Å²) in [7, 11) is 1.78. The summed E-state index contributed by atoms with van der Waals surface area (Å²) < 4.78 is 7.35. The molecule has 1 atom stereocenters. The fraction of sp³-hybridized carbons (Fsp3) is 0.522. The maximum atomic E-state index is 12.1. The number of rotatable bonds is 4. The Kier molecular flexibility index (Phi) is 8.94. The van der Waals surface area contributed by atoms with Crippen molar-refractivity contribution in [2.45, 2.75) is 59.2 Å². The second kappa shape index (κ2) is 11.0. The standard InChI is InChI=1S/C23H34N6O2.HI/c1-16-20(17(2)29(27-16)19-10-8-7-9-11-19)14-25-21(24-6)28-13-12-18(15-28)26-22(30)31-23(3,4)5;/h7-11,18H,12-15H2,1-6H3,(H,24,25)(H,26,30);1H. The van der Waals surface area contributed by atoms with Gasteiger partial charge in [0.15, 0.2) is 5.96 Å². The lowest BCUT2D eigenvalue weighted by Crippen LogP contribution is -2.44. The molecule has 1 aromatic heterocycles. The van der Waals surface area contributed by atoms with E-state index in [0.29, 0.717) is 13.1 Å². The quantitative estimate of drug-likeness (QED) is 0.342. The van der Waals surface area contributed by atoms with E-state index < -0.39 is 5.60 Å². The van der Waals surface area contributed by atoms with E-state index in [-0.39, 0.29) is 36.1 Å². The van der Waals surface area contributed by atoms with Gasteiger partial charge in [-0.1, -0.05) is 18.2 Å². The number of nitrogens with zero attached hydrogens (tertiary/aromatic N) is 4. The zero-order valence-corrected chi connectivity index (χ0v) is 22.1. The number of guanidine groups is 1. The monoisotopic (exact) mass is 554 g/mol. The number of halogens is 1. The van der Waals surface area contributed by atoms with Gasteiger partial charge in [-0.2, -0.15) is 5.10 Å². The smallest absolute Gasteiger partial charge is 0.407 e. The minimum atomic E-state index is -0.500. The third kappa shape index (κ3) is 6.60. The number of likely N-dealkylation sites (tertiary alicyclic amines) is 1. The molecular weight excluding hydrogens is 519 g/mol. The number of aromatic nitrogens is 2. The first-order valence-corrected chi connectivity index (χ1v) is 10.7. The van der Waals surface area contributed by atoms with Crippen molar-refractivity contribution >= 4 is 36.0 Å². The Hall–Kier alpha value is -2.30. The van der Waals surface area contributed by atoms with Crippen LogP contribution in [0.25, 0.3) is 5.69 Å². The number of amides is 1. The Morgan fingerprint density at radius 3 is 2.56 bits per heavy atom. The zero-order chi connectivity index (χ0) is 22.6. The average molecular weight is 554 g/mol. The number of ether oxygens (including phenoxy) is 1. The molecule has 1 aliphatic heterocycles. The molecule has 1 saturated heterocycles. The van der Waals surface area contributed by atoms with Crippen LogP contribution in [0.5, 0.6) is 0 Å². The molecule has 0 bridgehead atoms. The van der Waals surface area contributed by atoms with Gasteiger partial charge in [-0.05, 0) is 53.2 Å². The van der Waals surface area contributed by atoms with Gasteiger partial charge in [0.25, 0.3) is 0 Å². The molecule has 0 radical (unpaired) electrons. The Bertz CT molecular complexity index is 936. The van der Waals surface area contributed by atoms with Gasteiger partial charge in [0, 0.05) is 37.9 Å². The first-order valence-electron chi connectivity index (χ1n) is 10.7. The van der Waals surface area contributed by atoms with Gasteiger partial charge >= 0.3 is 6.09 Å². The van der Waals surface area contributed by atoms with E-state index in [2.05, 4.69) is 39.6 Å². The number of nitrogens with one attached hydrogen (secondary N) is 2. The molecule has 0 spiro atoms. The molecule has 9 heteroatoms. The molecule has 32 heavy (non-hydrogen) atoms. The van der Waals surface area contributed by atoms with Gasteiger partial charge in [0.05, 0.1) is 17.4 Å². The molecule has 1 aliphatic rings. The molecule has 8 nitrogen and oxygen atoms in total. The molecule has 2 N–H and O–H groups in total. The molecule has 2 heterocycles. The Labute approximate surface area is 207 Å². The molecule has 1 fully saturated rings. The fourth-order valence-corrected chi connectivity index (χ4v) is 3.80. The van der Waals surface area contributed by atoms with Crippen LogP contribution in [0.2, 0.25) is 0 Å². The molecule has 3 rings (SSSR count). The molecule has 1 aromatic carbocycles. The van der Waals surface area contributed by atoms with Crippen molar-refractivity contribution in [1.82, 2.24) is 25.3 Å². The van der Waals surface area contributed by atoms with Crippen molar-refractivity contribution in [3.05, 3.63) is 47.3 Å². The summed E-state index contributed by atoms with van der Waals surface area (Å²) in [5, 5.41) is 11.1. The van der Waals surface area contributed by atoms with Gasteiger partial charge in [-0.3, -0.25) is 4.99 Å². The van der Waals surface area contributed by atoms with Crippen molar-refractivity contribution in [3.8, 4) is 5.69 Å². The van der Waals surface area contributed by atoms with Gasteiger partial charge in [-0.25, -0.2) is 9.48 Å². The van der Waals surface area contributed by atoms with Crippen LogP contribution in [0.15, 0.2) is 35.3 Å². The number of alkyl carbamates (subject to hydrolysis) is 1. The fourth-order valence-electron chi connectivity index (χ4n) is 3.80. The highest BCUT2D eigenvalue weighted by Crippen LogP contribution is 2.18. The van der Waals surface area contributed by atoms with Crippen LogP contribution in [0.1, 0.15) is 44.1 Å². The minimum absolute atomic E-state index is 0. The van der Waals surface area contributed by atoms with Crippen LogP contribution < -0.4 is 10.6 Å². The average Bonchev–Trinajstić information content (AvgIpc) is 3.26. The topological polar surface area (TPSA) is 83.8 Å². The molecule has 0 saturated carbocycles. The summed E-state index contributed by atoms with van der Waals surface area (Å²) in [6.07, 6.45) is 0.478. The van der Waals surface area contributed by atoms with Gasteiger partial charge in [-0.15, -0.1) is 24.0 Å². The van der Waals surface area contributed by atoms with Gasteiger partial charge < -0.3 is 20.3 Å². The van der Waals surface area contributed by atoms with Crippen molar-refractivity contribution in [2.24, 2.45) is 4.99 Å². The van der Waals surface area contributed by atoms with E-state index >= 15 is 0 Å². The molecule has 1 amide bonds. The van der Waals surface area contributed by atoms with Crippen molar-refractivity contribution < 1.29 is 9.53 Å². The normalized spacial score (nSPS) is 16.5. The first-order chi connectivity index (χ1) is 14.7. The number of benzene rings is 1. The molecule has 176 valence electrons. The van der Waals surface area contributed by atoms with Crippen molar-refractivity contribution in [2.75, 3.05) is 20.1 Å². The highest BCUT2D eigenvalue weighted by atomic mass is 127. The lowest BCUT2D eigenvalue weighted by molar-refractivity contribution is 0.0507. The Morgan fingerprint density at radius 1 is 1.25 bits per heavy atom. The lowest BCUT2D eigenvalue weighted by Gasteiger charge is -2.23. The number of carbonyl (C=O) groups is 1.